The summed E-state index contributed by atoms with van der Waals surface area (Å²) in [4.78, 5) is 12.7. The molecule has 0 aliphatic carbocycles. The van der Waals surface area contributed by atoms with Crippen LogP contribution in [0, 0.1) is 0 Å². The second-order valence-electron chi connectivity index (χ2n) is 4.92. The predicted octanol–water partition coefficient (Wildman–Crippen LogP) is 3.31. The van der Waals surface area contributed by atoms with Gasteiger partial charge in [-0.05, 0) is 43.8 Å². The molecular formula is C14H22N4S2. The van der Waals surface area contributed by atoms with Gasteiger partial charge in [0.05, 0.1) is 11.9 Å². The SMILES string of the molecule is CNc1nc(CN(C)C(C)CCSC)nc2sccc12. The molecule has 0 aliphatic heterocycles. The van der Waals surface area contributed by atoms with Crippen molar-refractivity contribution in [2.75, 3.05) is 31.4 Å². The smallest absolute Gasteiger partial charge is 0.146 e. The van der Waals surface area contributed by atoms with Crippen LogP contribution in [-0.4, -0.2) is 47.0 Å². The maximum absolute atomic E-state index is 4.67. The molecule has 0 aromatic carbocycles. The first-order valence-electron chi connectivity index (χ1n) is 6.76. The first kappa shape index (κ1) is 15.5. The Morgan fingerprint density at radius 3 is 2.95 bits per heavy atom. The van der Waals surface area contributed by atoms with E-state index in [1.807, 2.05) is 18.8 Å². The second-order valence-corrected chi connectivity index (χ2v) is 6.80. The highest BCUT2D eigenvalue weighted by atomic mass is 32.2. The number of anilines is 1. The first-order valence-corrected chi connectivity index (χ1v) is 9.04. The fourth-order valence-electron chi connectivity index (χ4n) is 2.05. The third kappa shape index (κ3) is 3.62. The highest BCUT2D eigenvalue weighted by molar-refractivity contribution is 7.98. The highest BCUT2D eigenvalue weighted by Crippen LogP contribution is 2.25. The van der Waals surface area contributed by atoms with Gasteiger partial charge in [0.15, 0.2) is 0 Å². The Balaban J connectivity index is 2.12. The monoisotopic (exact) mass is 310 g/mol. The minimum absolute atomic E-state index is 0.545. The summed E-state index contributed by atoms with van der Waals surface area (Å²) in [6, 6.07) is 2.61. The Hall–Kier alpha value is -0.850. The largest absolute Gasteiger partial charge is 0.372 e. The molecule has 2 heterocycles. The molecule has 2 aromatic rings. The van der Waals surface area contributed by atoms with Gasteiger partial charge in [-0.3, -0.25) is 4.90 Å². The van der Waals surface area contributed by atoms with E-state index in [4.69, 9.17) is 0 Å². The van der Waals surface area contributed by atoms with Crippen LogP contribution in [0.15, 0.2) is 11.4 Å². The number of nitrogens with zero attached hydrogens (tertiary/aromatic N) is 3. The molecule has 1 N–H and O–H groups in total. The van der Waals surface area contributed by atoms with Gasteiger partial charge in [0, 0.05) is 13.1 Å². The van der Waals surface area contributed by atoms with Crippen LogP contribution in [0.4, 0.5) is 5.82 Å². The second kappa shape index (κ2) is 7.24. The maximum atomic E-state index is 4.67. The molecule has 0 amide bonds. The summed E-state index contributed by atoms with van der Waals surface area (Å²) >= 11 is 3.56. The predicted molar refractivity (Wildman–Crippen MR) is 90.9 cm³/mol. The van der Waals surface area contributed by atoms with Gasteiger partial charge in [-0.1, -0.05) is 0 Å². The lowest BCUT2D eigenvalue weighted by Gasteiger charge is -2.23. The minimum atomic E-state index is 0.545. The van der Waals surface area contributed by atoms with Crippen molar-refractivity contribution in [2.45, 2.75) is 25.9 Å². The number of fused-ring (bicyclic) bond motifs is 1. The topological polar surface area (TPSA) is 41.1 Å². The number of thiophene rings is 1. The normalized spacial score (nSPS) is 13.1. The number of hydrogen-bond donors (Lipinski definition) is 1. The Morgan fingerprint density at radius 2 is 2.25 bits per heavy atom. The van der Waals surface area contributed by atoms with E-state index in [9.17, 15) is 0 Å². The molecule has 110 valence electrons. The van der Waals surface area contributed by atoms with Crippen molar-refractivity contribution in [2.24, 2.45) is 0 Å². The van der Waals surface area contributed by atoms with Gasteiger partial charge in [0.1, 0.15) is 16.5 Å². The zero-order chi connectivity index (χ0) is 14.5. The molecule has 20 heavy (non-hydrogen) atoms. The molecule has 0 saturated heterocycles. The Morgan fingerprint density at radius 1 is 1.45 bits per heavy atom. The summed E-state index contributed by atoms with van der Waals surface area (Å²) in [6.45, 7) is 3.05. The van der Waals surface area contributed by atoms with Crippen molar-refractivity contribution in [3.8, 4) is 0 Å². The number of rotatable bonds is 7. The average molecular weight is 310 g/mol. The number of aromatic nitrogens is 2. The lowest BCUT2D eigenvalue weighted by Crippen LogP contribution is -2.29. The molecule has 1 unspecified atom stereocenters. The van der Waals surface area contributed by atoms with Crippen molar-refractivity contribution >= 4 is 39.1 Å². The van der Waals surface area contributed by atoms with Gasteiger partial charge in [0.25, 0.3) is 0 Å². The Kier molecular flexibility index (Phi) is 5.63. The molecule has 0 spiro atoms. The lowest BCUT2D eigenvalue weighted by atomic mass is 10.2. The van der Waals surface area contributed by atoms with Crippen molar-refractivity contribution in [3.05, 3.63) is 17.3 Å². The zero-order valence-corrected chi connectivity index (χ0v) is 14.1. The Labute approximate surface area is 129 Å². The molecule has 0 radical (unpaired) electrons. The zero-order valence-electron chi connectivity index (χ0n) is 12.5. The van der Waals surface area contributed by atoms with E-state index in [1.54, 1.807) is 11.3 Å². The van der Waals surface area contributed by atoms with Gasteiger partial charge in [0.2, 0.25) is 0 Å². The molecule has 0 bridgehead atoms. The maximum Gasteiger partial charge on any atom is 0.146 e. The number of hydrogen-bond acceptors (Lipinski definition) is 6. The van der Waals surface area contributed by atoms with Crippen molar-refractivity contribution in [1.82, 2.24) is 14.9 Å². The quantitative estimate of drug-likeness (QED) is 0.850. The highest BCUT2D eigenvalue weighted by Gasteiger charge is 2.13. The summed E-state index contributed by atoms with van der Waals surface area (Å²) in [6.07, 6.45) is 3.34. The lowest BCUT2D eigenvalue weighted by molar-refractivity contribution is 0.239. The molecule has 2 rings (SSSR count). The molecule has 0 aliphatic rings. The van der Waals surface area contributed by atoms with E-state index in [0.29, 0.717) is 6.04 Å². The molecule has 0 fully saturated rings. The number of thioether (sulfide) groups is 1. The summed E-state index contributed by atoms with van der Waals surface area (Å²) in [5, 5.41) is 6.34. The van der Waals surface area contributed by atoms with Crippen LogP contribution in [0.25, 0.3) is 10.2 Å². The third-order valence-corrected chi connectivity index (χ3v) is 4.94. The van der Waals surface area contributed by atoms with Crippen molar-refractivity contribution in [1.29, 1.82) is 0 Å². The Bertz CT molecular complexity index is 555. The molecule has 0 saturated carbocycles. The average Bonchev–Trinajstić information content (AvgIpc) is 2.91. The van der Waals surface area contributed by atoms with Gasteiger partial charge in [-0.2, -0.15) is 11.8 Å². The minimum Gasteiger partial charge on any atom is -0.372 e. The van der Waals surface area contributed by atoms with E-state index in [2.05, 4.69) is 51.9 Å². The summed E-state index contributed by atoms with van der Waals surface area (Å²) < 4.78 is 0. The molecular weight excluding hydrogens is 288 g/mol. The van der Waals surface area contributed by atoms with Crippen molar-refractivity contribution < 1.29 is 0 Å². The van der Waals surface area contributed by atoms with Crippen LogP contribution in [0.2, 0.25) is 0 Å². The van der Waals surface area contributed by atoms with Crippen LogP contribution >= 0.6 is 23.1 Å². The van der Waals surface area contributed by atoms with Crippen molar-refractivity contribution in [3.63, 3.8) is 0 Å². The first-order chi connectivity index (χ1) is 9.65. The fourth-order valence-corrected chi connectivity index (χ4v) is 3.41. The third-order valence-electron chi connectivity index (χ3n) is 3.49. The molecule has 2 aromatic heterocycles. The molecule has 4 nitrogen and oxygen atoms in total. The van der Waals surface area contributed by atoms with Crippen LogP contribution in [-0.2, 0) is 6.54 Å². The van der Waals surface area contributed by atoms with E-state index in [0.717, 1.165) is 28.4 Å². The standard InChI is InChI=1S/C14H22N4S2/c1-10(5-7-19-4)18(3)9-12-16-13(15-2)11-6-8-20-14(11)17-12/h6,8,10H,5,7,9H2,1-4H3,(H,15,16,17). The fraction of sp³-hybridized carbons (Fsp3) is 0.571. The molecule has 6 heteroatoms. The summed E-state index contributed by atoms with van der Waals surface area (Å²) in [7, 11) is 4.06. The van der Waals surface area contributed by atoms with E-state index >= 15 is 0 Å². The molecule has 1 atom stereocenters. The van der Waals surface area contributed by atoms with E-state index < -0.39 is 0 Å². The van der Waals surface area contributed by atoms with Crippen LogP contribution in [0.1, 0.15) is 19.2 Å². The van der Waals surface area contributed by atoms with Crippen LogP contribution in [0.3, 0.4) is 0 Å². The number of nitrogens with one attached hydrogen (secondary N) is 1. The summed E-state index contributed by atoms with van der Waals surface area (Å²) in [5.41, 5.74) is 0. The van der Waals surface area contributed by atoms with E-state index in [1.165, 1.54) is 12.2 Å². The van der Waals surface area contributed by atoms with E-state index in [-0.39, 0.29) is 0 Å². The van der Waals surface area contributed by atoms with Gasteiger partial charge < -0.3 is 5.32 Å². The van der Waals surface area contributed by atoms with Gasteiger partial charge >= 0.3 is 0 Å². The van der Waals surface area contributed by atoms with Crippen LogP contribution in [0.5, 0.6) is 0 Å². The van der Waals surface area contributed by atoms with Gasteiger partial charge in [-0.15, -0.1) is 11.3 Å². The summed E-state index contributed by atoms with van der Waals surface area (Å²) in [5.74, 6) is 3.01. The van der Waals surface area contributed by atoms with Gasteiger partial charge in [-0.25, -0.2) is 9.97 Å². The van der Waals surface area contributed by atoms with Crippen LogP contribution < -0.4 is 5.32 Å².